The first-order chi connectivity index (χ1) is 14.1. The molecule has 0 spiro atoms. The molecule has 29 heavy (non-hydrogen) atoms. The molecule has 0 saturated heterocycles. The maximum Gasteiger partial charge on any atom is 0.331 e. The summed E-state index contributed by atoms with van der Waals surface area (Å²) < 4.78 is 5.20. The fourth-order valence-electron chi connectivity index (χ4n) is 3.06. The molecular weight excluding hydrogens is 390 g/mol. The Bertz CT molecular complexity index is 1040. The number of hydrogen-bond acceptors (Lipinski definition) is 5. The highest BCUT2D eigenvalue weighted by Gasteiger charge is 2.26. The monoisotopic (exact) mass is 407 g/mol. The van der Waals surface area contributed by atoms with Crippen molar-refractivity contribution >= 4 is 46.2 Å². The van der Waals surface area contributed by atoms with Gasteiger partial charge < -0.3 is 20.3 Å². The van der Waals surface area contributed by atoms with Gasteiger partial charge in [-0.2, -0.15) is 0 Å². The number of nitrogens with one attached hydrogen (secondary N) is 2. The first-order valence-electron chi connectivity index (χ1n) is 9.04. The lowest BCUT2D eigenvalue weighted by Crippen LogP contribution is -2.41. The van der Waals surface area contributed by atoms with Gasteiger partial charge in [-0.3, -0.25) is 4.79 Å². The molecule has 7 heteroatoms. The molecule has 2 N–H and O–H groups in total. The number of halogens is 1. The molecule has 1 heterocycles. The number of anilines is 4. The van der Waals surface area contributed by atoms with Gasteiger partial charge in [-0.15, -0.1) is 0 Å². The van der Waals surface area contributed by atoms with E-state index in [0.717, 1.165) is 11.4 Å². The third-order valence-corrected chi connectivity index (χ3v) is 4.61. The van der Waals surface area contributed by atoms with Crippen molar-refractivity contribution in [2.75, 3.05) is 28.6 Å². The van der Waals surface area contributed by atoms with E-state index < -0.39 is 5.97 Å². The molecule has 3 aromatic rings. The predicted octanol–water partition coefficient (Wildman–Crippen LogP) is 4.45. The van der Waals surface area contributed by atoms with Crippen LogP contribution in [-0.2, 0) is 9.59 Å². The van der Waals surface area contributed by atoms with E-state index >= 15 is 0 Å². The van der Waals surface area contributed by atoms with E-state index in [-0.39, 0.29) is 19.0 Å². The van der Waals surface area contributed by atoms with Gasteiger partial charge in [0, 0.05) is 22.1 Å². The molecule has 1 aliphatic rings. The Morgan fingerprint density at radius 2 is 1.66 bits per heavy atom. The molecule has 146 valence electrons. The van der Waals surface area contributed by atoms with E-state index in [9.17, 15) is 9.59 Å². The number of para-hydroxylation sites is 1. The Labute approximate surface area is 173 Å². The lowest BCUT2D eigenvalue weighted by molar-refractivity contribution is -0.133. The number of hydrogen-bond donors (Lipinski definition) is 2. The Balaban J connectivity index is 1.40. The number of carbonyl (C=O) groups excluding carboxylic acids is 2. The average molecular weight is 408 g/mol. The molecule has 6 nitrogen and oxygen atoms in total. The van der Waals surface area contributed by atoms with Gasteiger partial charge >= 0.3 is 5.97 Å². The minimum atomic E-state index is -0.413. The second-order valence-electron chi connectivity index (χ2n) is 6.56. The maximum absolute atomic E-state index is 12.5. The zero-order valence-corrected chi connectivity index (χ0v) is 16.1. The van der Waals surface area contributed by atoms with E-state index in [0.29, 0.717) is 22.1 Å². The number of amides is 1. The van der Waals surface area contributed by atoms with Gasteiger partial charge in [0.25, 0.3) is 0 Å². The minimum Gasteiger partial charge on any atom is -0.423 e. The van der Waals surface area contributed by atoms with Gasteiger partial charge in [0.2, 0.25) is 5.91 Å². The molecule has 1 aliphatic heterocycles. The third-order valence-electron chi connectivity index (χ3n) is 4.37. The van der Waals surface area contributed by atoms with Crippen molar-refractivity contribution in [1.29, 1.82) is 0 Å². The molecule has 3 aromatic carbocycles. The summed E-state index contributed by atoms with van der Waals surface area (Å²) in [5.74, 6) is -0.256. The summed E-state index contributed by atoms with van der Waals surface area (Å²) >= 11 is 6.04. The second-order valence-corrected chi connectivity index (χ2v) is 7.00. The van der Waals surface area contributed by atoms with Crippen LogP contribution in [0.3, 0.4) is 0 Å². The smallest absolute Gasteiger partial charge is 0.331 e. The van der Waals surface area contributed by atoms with Crippen molar-refractivity contribution < 1.29 is 14.3 Å². The van der Waals surface area contributed by atoms with Crippen molar-refractivity contribution in [2.45, 2.75) is 0 Å². The second kappa shape index (κ2) is 8.24. The van der Waals surface area contributed by atoms with E-state index in [1.54, 1.807) is 23.1 Å². The molecule has 0 aromatic heterocycles. The van der Waals surface area contributed by atoms with Gasteiger partial charge in [-0.25, -0.2) is 4.79 Å². The quantitative estimate of drug-likeness (QED) is 0.483. The summed E-state index contributed by atoms with van der Waals surface area (Å²) in [4.78, 5) is 26.0. The van der Waals surface area contributed by atoms with Gasteiger partial charge in [0.1, 0.15) is 6.54 Å². The van der Waals surface area contributed by atoms with Gasteiger partial charge in [-0.05, 0) is 54.6 Å². The van der Waals surface area contributed by atoms with Gasteiger partial charge in [0.05, 0.1) is 12.2 Å². The standard InChI is InChI=1S/C22H18ClN3O3/c23-15-6-11-20-19(12-15)26(14-22(28)29-20)13-21(27)25-18-9-7-17(8-10-18)24-16-4-2-1-3-5-16/h1-12,24H,13-14H2,(H,25,27). The van der Waals surface area contributed by atoms with Crippen LogP contribution in [0.1, 0.15) is 0 Å². The lowest BCUT2D eigenvalue weighted by Gasteiger charge is -2.29. The topological polar surface area (TPSA) is 70.7 Å². The molecule has 0 radical (unpaired) electrons. The summed E-state index contributed by atoms with van der Waals surface area (Å²) in [6.45, 7) is -0.00679. The van der Waals surface area contributed by atoms with E-state index in [4.69, 9.17) is 16.3 Å². The van der Waals surface area contributed by atoms with Crippen molar-refractivity contribution in [2.24, 2.45) is 0 Å². The summed E-state index contributed by atoms with van der Waals surface area (Å²) in [6, 6.07) is 22.2. The summed E-state index contributed by atoms with van der Waals surface area (Å²) in [5.41, 5.74) is 3.18. The number of carbonyl (C=O) groups is 2. The lowest BCUT2D eigenvalue weighted by atomic mass is 10.2. The first-order valence-corrected chi connectivity index (χ1v) is 9.42. The zero-order valence-electron chi connectivity index (χ0n) is 15.4. The van der Waals surface area contributed by atoms with Crippen LogP contribution in [0.25, 0.3) is 0 Å². The van der Waals surface area contributed by atoms with Crippen LogP contribution < -0.4 is 20.3 Å². The largest absolute Gasteiger partial charge is 0.423 e. The predicted molar refractivity (Wildman–Crippen MR) is 114 cm³/mol. The maximum atomic E-state index is 12.5. The number of fused-ring (bicyclic) bond motifs is 1. The molecule has 0 unspecified atom stereocenters. The molecular formula is C22H18ClN3O3. The minimum absolute atomic E-state index is 0.00641. The molecule has 1 amide bonds. The summed E-state index contributed by atoms with van der Waals surface area (Å²) in [5, 5.41) is 6.64. The fraction of sp³-hybridized carbons (Fsp3) is 0.0909. The number of esters is 1. The van der Waals surface area contributed by atoms with E-state index in [1.165, 1.54) is 0 Å². The fourth-order valence-corrected chi connectivity index (χ4v) is 3.23. The van der Waals surface area contributed by atoms with Crippen LogP contribution in [0.4, 0.5) is 22.7 Å². The molecule has 0 bridgehead atoms. The normalized spacial score (nSPS) is 12.7. The number of rotatable bonds is 5. The Kier molecular flexibility index (Phi) is 5.35. The highest BCUT2D eigenvalue weighted by molar-refractivity contribution is 6.31. The van der Waals surface area contributed by atoms with Crippen molar-refractivity contribution in [3.63, 3.8) is 0 Å². The SMILES string of the molecule is O=C(CN1CC(=O)Oc2ccc(Cl)cc21)Nc1ccc(Nc2ccccc2)cc1. The highest BCUT2D eigenvalue weighted by Crippen LogP contribution is 2.34. The summed E-state index contributed by atoms with van der Waals surface area (Å²) in [6.07, 6.45) is 0. The molecule has 0 aliphatic carbocycles. The van der Waals surface area contributed by atoms with Crippen LogP contribution in [0.2, 0.25) is 5.02 Å². The van der Waals surface area contributed by atoms with Crippen LogP contribution in [0.5, 0.6) is 5.75 Å². The highest BCUT2D eigenvalue weighted by atomic mass is 35.5. The first kappa shape index (κ1) is 18.8. The Morgan fingerprint density at radius 3 is 2.41 bits per heavy atom. The van der Waals surface area contributed by atoms with Gasteiger partial charge in [-0.1, -0.05) is 29.8 Å². The van der Waals surface area contributed by atoms with Crippen LogP contribution in [0.15, 0.2) is 72.8 Å². The van der Waals surface area contributed by atoms with Crippen LogP contribution in [0, 0.1) is 0 Å². The third kappa shape index (κ3) is 4.67. The summed E-state index contributed by atoms with van der Waals surface area (Å²) in [7, 11) is 0. The molecule has 0 fully saturated rings. The zero-order chi connectivity index (χ0) is 20.2. The van der Waals surface area contributed by atoms with Crippen molar-refractivity contribution in [3.8, 4) is 5.75 Å². The average Bonchev–Trinajstić information content (AvgIpc) is 2.71. The number of benzene rings is 3. The van der Waals surface area contributed by atoms with Crippen molar-refractivity contribution in [3.05, 3.63) is 77.8 Å². The van der Waals surface area contributed by atoms with Crippen molar-refractivity contribution in [1.82, 2.24) is 0 Å². The molecule has 0 saturated carbocycles. The number of nitrogens with zero attached hydrogens (tertiary/aromatic N) is 1. The van der Waals surface area contributed by atoms with Crippen LogP contribution >= 0.6 is 11.6 Å². The number of ether oxygens (including phenoxy) is 1. The van der Waals surface area contributed by atoms with E-state index in [2.05, 4.69) is 10.6 Å². The Morgan fingerprint density at radius 1 is 0.966 bits per heavy atom. The Hall–Kier alpha value is -3.51. The molecule has 4 rings (SSSR count). The van der Waals surface area contributed by atoms with Crippen LogP contribution in [-0.4, -0.2) is 25.0 Å². The van der Waals surface area contributed by atoms with Gasteiger partial charge in [0.15, 0.2) is 5.75 Å². The molecule has 0 atom stereocenters. The van der Waals surface area contributed by atoms with E-state index in [1.807, 2.05) is 54.6 Å².